The average molecular weight is 353 g/mol. The van der Waals surface area contributed by atoms with Crippen molar-refractivity contribution in [2.75, 3.05) is 18.0 Å². The van der Waals surface area contributed by atoms with Crippen LogP contribution in [0.3, 0.4) is 0 Å². The Labute approximate surface area is 138 Å². The van der Waals surface area contributed by atoms with E-state index in [9.17, 15) is 0 Å². The normalized spacial score (nSPS) is 19.9. The van der Waals surface area contributed by atoms with Gasteiger partial charge >= 0.3 is 0 Å². The van der Waals surface area contributed by atoms with Crippen LogP contribution in [0.1, 0.15) is 52.0 Å². The van der Waals surface area contributed by atoms with Crippen molar-refractivity contribution in [1.82, 2.24) is 5.32 Å². The number of rotatable bonds is 5. The van der Waals surface area contributed by atoms with Crippen LogP contribution in [0.2, 0.25) is 0 Å². The Hall–Kier alpha value is -0.540. The zero-order valence-corrected chi connectivity index (χ0v) is 15.2. The van der Waals surface area contributed by atoms with Gasteiger partial charge in [-0.05, 0) is 49.9 Å². The van der Waals surface area contributed by atoms with Crippen LogP contribution in [0.5, 0.6) is 0 Å². The molecule has 3 heteroatoms. The van der Waals surface area contributed by atoms with E-state index in [1.54, 1.807) is 0 Å². The minimum Gasteiger partial charge on any atom is -0.369 e. The summed E-state index contributed by atoms with van der Waals surface area (Å²) in [4.78, 5) is 2.62. The number of benzene rings is 1. The summed E-state index contributed by atoms with van der Waals surface area (Å²) in [5.41, 5.74) is 2.84. The number of nitrogens with zero attached hydrogens (tertiary/aromatic N) is 1. The highest BCUT2D eigenvalue weighted by Crippen LogP contribution is 2.30. The second kappa shape index (κ2) is 8.19. The largest absolute Gasteiger partial charge is 0.369 e. The molecule has 0 bridgehead atoms. The molecule has 1 aliphatic heterocycles. The van der Waals surface area contributed by atoms with Crippen LogP contribution in [0.4, 0.5) is 5.69 Å². The van der Waals surface area contributed by atoms with E-state index in [1.807, 2.05) is 0 Å². The smallest absolute Gasteiger partial charge is 0.0425 e. The van der Waals surface area contributed by atoms with E-state index in [0.29, 0.717) is 12.0 Å². The van der Waals surface area contributed by atoms with Gasteiger partial charge in [0.05, 0.1) is 0 Å². The zero-order chi connectivity index (χ0) is 15.2. The summed E-state index contributed by atoms with van der Waals surface area (Å²) >= 11 is 3.65. The fourth-order valence-corrected chi connectivity index (χ4v) is 3.43. The van der Waals surface area contributed by atoms with Crippen molar-refractivity contribution in [1.29, 1.82) is 0 Å². The van der Waals surface area contributed by atoms with Gasteiger partial charge < -0.3 is 10.2 Å². The first-order chi connectivity index (χ1) is 10.1. The van der Waals surface area contributed by atoms with Crippen LogP contribution < -0.4 is 10.2 Å². The van der Waals surface area contributed by atoms with Gasteiger partial charge in [-0.3, -0.25) is 0 Å². The molecule has 2 rings (SSSR count). The highest BCUT2D eigenvalue weighted by atomic mass is 79.9. The molecule has 21 heavy (non-hydrogen) atoms. The third-order valence-corrected chi connectivity index (χ3v) is 4.77. The van der Waals surface area contributed by atoms with Gasteiger partial charge in [-0.15, -0.1) is 0 Å². The van der Waals surface area contributed by atoms with Gasteiger partial charge in [0, 0.05) is 29.3 Å². The summed E-state index contributed by atoms with van der Waals surface area (Å²) in [7, 11) is 0. The predicted octanol–water partition coefficient (Wildman–Crippen LogP) is 4.96. The molecule has 1 fully saturated rings. The van der Waals surface area contributed by atoms with Gasteiger partial charge in [0.2, 0.25) is 0 Å². The summed E-state index contributed by atoms with van der Waals surface area (Å²) < 4.78 is 1.18. The first-order valence-corrected chi connectivity index (χ1v) is 9.13. The summed E-state index contributed by atoms with van der Waals surface area (Å²) in [6, 6.07) is 7.38. The minimum absolute atomic E-state index is 0.644. The highest BCUT2D eigenvalue weighted by molar-refractivity contribution is 9.10. The molecular weight excluding hydrogens is 324 g/mol. The Morgan fingerprint density at radius 3 is 2.86 bits per heavy atom. The van der Waals surface area contributed by atoms with Crippen LogP contribution in [-0.4, -0.2) is 19.1 Å². The van der Waals surface area contributed by atoms with E-state index in [1.165, 1.54) is 48.0 Å². The predicted molar refractivity (Wildman–Crippen MR) is 96.0 cm³/mol. The molecule has 1 aromatic rings. The average Bonchev–Trinajstić information content (AvgIpc) is 2.64. The Bertz CT molecular complexity index is 445. The molecule has 1 saturated heterocycles. The van der Waals surface area contributed by atoms with E-state index in [0.717, 1.165) is 13.1 Å². The van der Waals surface area contributed by atoms with Crippen LogP contribution in [0.25, 0.3) is 0 Å². The van der Waals surface area contributed by atoms with Crippen molar-refractivity contribution in [2.24, 2.45) is 5.92 Å². The molecule has 2 nitrogen and oxygen atoms in total. The SMILES string of the molecule is CC(C)CNCc1ccc(Br)cc1N1CCCCCC1C. The number of hydrogen-bond donors (Lipinski definition) is 1. The molecule has 0 amide bonds. The molecule has 1 unspecified atom stereocenters. The van der Waals surface area contributed by atoms with Crippen molar-refractivity contribution < 1.29 is 0 Å². The molecule has 1 atom stereocenters. The minimum atomic E-state index is 0.644. The Kier molecular flexibility index (Phi) is 6.56. The third-order valence-electron chi connectivity index (χ3n) is 4.28. The van der Waals surface area contributed by atoms with Crippen molar-refractivity contribution in [3.8, 4) is 0 Å². The summed E-state index contributed by atoms with van der Waals surface area (Å²) in [6.07, 6.45) is 5.36. The van der Waals surface area contributed by atoms with Gasteiger partial charge in [-0.1, -0.05) is 48.7 Å². The third kappa shape index (κ3) is 5.00. The van der Waals surface area contributed by atoms with E-state index < -0.39 is 0 Å². The molecule has 1 aliphatic rings. The van der Waals surface area contributed by atoms with Crippen LogP contribution in [-0.2, 0) is 6.54 Å². The molecular formula is C18H29BrN2. The van der Waals surface area contributed by atoms with E-state index in [-0.39, 0.29) is 0 Å². The second-order valence-electron chi connectivity index (χ2n) is 6.69. The second-order valence-corrected chi connectivity index (χ2v) is 7.61. The quantitative estimate of drug-likeness (QED) is 0.805. The lowest BCUT2D eigenvalue weighted by Gasteiger charge is -2.31. The number of anilines is 1. The molecule has 1 heterocycles. The van der Waals surface area contributed by atoms with Crippen molar-refractivity contribution in [3.63, 3.8) is 0 Å². The van der Waals surface area contributed by atoms with Gasteiger partial charge in [0.25, 0.3) is 0 Å². The van der Waals surface area contributed by atoms with Gasteiger partial charge in [0.15, 0.2) is 0 Å². The maximum Gasteiger partial charge on any atom is 0.0425 e. The van der Waals surface area contributed by atoms with Crippen LogP contribution in [0, 0.1) is 5.92 Å². The number of nitrogens with one attached hydrogen (secondary N) is 1. The molecule has 0 aromatic heterocycles. The molecule has 118 valence electrons. The standard InChI is InChI=1S/C18H29BrN2/c1-14(2)12-20-13-16-8-9-17(19)11-18(16)21-10-6-4-5-7-15(21)3/h8-9,11,14-15,20H,4-7,10,12-13H2,1-3H3. The summed E-state index contributed by atoms with van der Waals surface area (Å²) in [5, 5.41) is 3.59. The maximum absolute atomic E-state index is 3.65. The Balaban J connectivity index is 2.17. The number of hydrogen-bond acceptors (Lipinski definition) is 2. The molecule has 0 saturated carbocycles. The van der Waals surface area contributed by atoms with E-state index in [2.05, 4.69) is 65.1 Å². The lowest BCUT2D eigenvalue weighted by atomic mass is 10.1. The van der Waals surface area contributed by atoms with Crippen molar-refractivity contribution in [2.45, 2.75) is 59.0 Å². The van der Waals surface area contributed by atoms with Gasteiger partial charge in [-0.2, -0.15) is 0 Å². The zero-order valence-electron chi connectivity index (χ0n) is 13.7. The summed E-state index contributed by atoms with van der Waals surface area (Å²) in [6.45, 7) is 10.1. The van der Waals surface area contributed by atoms with Gasteiger partial charge in [0.1, 0.15) is 0 Å². The maximum atomic E-state index is 3.65. The fraction of sp³-hybridized carbons (Fsp3) is 0.667. The molecule has 0 aliphatic carbocycles. The molecule has 1 aromatic carbocycles. The highest BCUT2D eigenvalue weighted by Gasteiger charge is 2.19. The van der Waals surface area contributed by atoms with Crippen molar-refractivity contribution in [3.05, 3.63) is 28.2 Å². The fourth-order valence-electron chi connectivity index (χ4n) is 3.08. The van der Waals surface area contributed by atoms with Crippen molar-refractivity contribution >= 4 is 21.6 Å². The Morgan fingerprint density at radius 1 is 1.29 bits per heavy atom. The topological polar surface area (TPSA) is 15.3 Å². The molecule has 0 spiro atoms. The lowest BCUT2D eigenvalue weighted by Crippen LogP contribution is -2.34. The first kappa shape index (κ1) is 16.8. The first-order valence-electron chi connectivity index (χ1n) is 8.33. The summed E-state index contributed by atoms with van der Waals surface area (Å²) in [5.74, 6) is 0.695. The number of halogens is 1. The monoisotopic (exact) mass is 352 g/mol. The lowest BCUT2D eigenvalue weighted by molar-refractivity contribution is 0.550. The van der Waals surface area contributed by atoms with E-state index in [4.69, 9.17) is 0 Å². The van der Waals surface area contributed by atoms with Gasteiger partial charge in [-0.25, -0.2) is 0 Å². The van der Waals surface area contributed by atoms with Crippen LogP contribution in [0.15, 0.2) is 22.7 Å². The Morgan fingerprint density at radius 2 is 2.10 bits per heavy atom. The van der Waals surface area contributed by atoms with E-state index >= 15 is 0 Å². The molecule has 1 N–H and O–H groups in total. The molecule has 0 radical (unpaired) electrons. The van der Waals surface area contributed by atoms with Crippen LogP contribution >= 0.6 is 15.9 Å².